The second-order valence-electron chi connectivity index (χ2n) is 15.1. The third-order valence-electron chi connectivity index (χ3n) is 10.0. The van der Waals surface area contributed by atoms with E-state index in [2.05, 4.69) is 20.2 Å². The van der Waals surface area contributed by atoms with Gasteiger partial charge in [0.1, 0.15) is 22.8 Å². The predicted octanol–water partition coefficient (Wildman–Crippen LogP) is 4.95. The molecule has 3 saturated carbocycles. The van der Waals surface area contributed by atoms with Gasteiger partial charge in [-0.25, -0.2) is 24.1 Å². The smallest absolute Gasteiger partial charge is 0.410 e. The summed E-state index contributed by atoms with van der Waals surface area (Å²) in [5.41, 5.74) is 11.0. The lowest BCUT2D eigenvalue weighted by molar-refractivity contribution is -0.163. The van der Waals surface area contributed by atoms with Crippen molar-refractivity contribution in [1.29, 1.82) is 0 Å². The Morgan fingerprint density at radius 3 is 2.35 bits per heavy atom. The van der Waals surface area contributed by atoms with Crippen LogP contribution in [0.5, 0.6) is 0 Å². The average Bonchev–Trinajstić information content (AvgIpc) is 3.64. The summed E-state index contributed by atoms with van der Waals surface area (Å²) in [4.78, 5) is 44.2. The fourth-order valence-corrected chi connectivity index (χ4v) is 8.00. The number of hydrogen-bond donors (Lipinski definition) is 2. The van der Waals surface area contributed by atoms with E-state index in [1.165, 1.54) is 12.1 Å². The zero-order valence-corrected chi connectivity index (χ0v) is 28.2. The van der Waals surface area contributed by atoms with E-state index in [1.54, 1.807) is 29.4 Å². The number of amides is 2. The van der Waals surface area contributed by atoms with E-state index in [4.69, 9.17) is 15.5 Å². The number of nitrogens with two attached hydrogens (primary N) is 1. The predicted molar refractivity (Wildman–Crippen MR) is 182 cm³/mol. The van der Waals surface area contributed by atoms with E-state index in [0.717, 1.165) is 55.8 Å². The van der Waals surface area contributed by atoms with Gasteiger partial charge in [-0.3, -0.25) is 14.1 Å². The summed E-state index contributed by atoms with van der Waals surface area (Å²) in [5, 5.41) is 3.28. The molecule has 49 heavy (non-hydrogen) atoms. The Balaban J connectivity index is 1.00. The lowest BCUT2D eigenvalue weighted by atomic mass is 9.39. The molecule has 9 rings (SSSR count). The Hall–Kier alpha value is -5.04. The van der Waals surface area contributed by atoms with Gasteiger partial charge < -0.3 is 25.1 Å². The van der Waals surface area contributed by atoms with Crippen LogP contribution in [0, 0.1) is 18.2 Å². The van der Waals surface area contributed by atoms with Crippen LogP contribution in [0.25, 0.3) is 33.8 Å². The summed E-state index contributed by atoms with van der Waals surface area (Å²) in [7, 11) is 0. The molecule has 0 atom stereocenters. The van der Waals surface area contributed by atoms with Crippen LogP contribution in [0.3, 0.4) is 0 Å². The Bertz CT molecular complexity index is 2100. The molecule has 2 amide bonds. The quantitative estimate of drug-likeness (QED) is 0.260. The molecule has 1 saturated heterocycles. The van der Waals surface area contributed by atoms with Gasteiger partial charge in [0.15, 0.2) is 11.5 Å². The Labute approximate surface area is 283 Å². The van der Waals surface area contributed by atoms with Crippen molar-refractivity contribution >= 4 is 29.1 Å². The summed E-state index contributed by atoms with van der Waals surface area (Å²) in [6.45, 7) is 11.5. The highest BCUT2D eigenvalue weighted by molar-refractivity contribution is 5.95. The minimum atomic E-state index is -0.504. The van der Waals surface area contributed by atoms with Crippen molar-refractivity contribution in [1.82, 2.24) is 38.9 Å². The lowest BCUT2D eigenvalue weighted by Gasteiger charge is -2.71. The van der Waals surface area contributed by atoms with Gasteiger partial charge in [0.05, 0.1) is 11.4 Å². The van der Waals surface area contributed by atoms with E-state index in [9.17, 15) is 14.0 Å². The van der Waals surface area contributed by atoms with Gasteiger partial charge in [0.25, 0.3) is 5.91 Å². The number of anilines is 1. The number of pyridine rings is 1. The molecule has 13 heteroatoms. The molecule has 1 aromatic carbocycles. The van der Waals surface area contributed by atoms with Gasteiger partial charge in [-0.05, 0) is 88.8 Å². The van der Waals surface area contributed by atoms with Crippen LogP contribution in [0.4, 0.5) is 15.0 Å². The Morgan fingerprint density at radius 1 is 0.959 bits per heavy atom. The maximum absolute atomic E-state index is 13.9. The monoisotopic (exact) mass is 665 g/mol. The van der Waals surface area contributed by atoms with E-state index >= 15 is 0 Å². The van der Waals surface area contributed by atoms with Crippen LogP contribution < -0.4 is 11.1 Å². The molecule has 3 aliphatic carbocycles. The first-order chi connectivity index (χ1) is 23.3. The Kier molecular flexibility index (Phi) is 7.01. The Morgan fingerprint density at radius 2 is 1.65 bits per heavy atom. The highest BCUT2D eigenvalue weighted by Crippen LogP contribution is 2.67. The summed E-state index contributed by atoms with van der Waals surface area (Å²) < 4.78 is 23.2. The third kappa shape index (κ3) is 5.55. The summed E-state index contributed by atoms with van der Waals surface area (Å²) in [6, 6.07) is 9.97. The number of aromatic nitrogens is 5. The number of benzene rings is 1. The number of halogens is 1. The number of nitrogens with zero attached hydrogens (tertiary/aromatic N) is 7. The topological polar surface area (TPSA) is 135 Å². The van der Waals surface area contributed by atoms with Crippen LogP contribution in [0.15, 0.2) is 55.0 Å². The second-order valence-corrected chi connectivity index (χ2v) is 15.1. The molecular formula is C36H40FN9O3. The number of nitrogens with one attached hydrogen (secondary N) is 1. The summed E-state index contributed by atoms with van der Waals surface area (Å²) >= 11 is 0. The first kappa shape index (κ1) is 31.2. The number of ether oxygens (including phenoxy) is 1. The average molecular weight is 666 g/mol. The zero-order chi connectivity index (χ0) is 34.3. The maximum atomic E-state index is 13.9. The first-order valence-electron chi connectivity index (χ1n) is 16.7. The van der Waals surface area contributed by atoms with Crippen LogP contribution in [0.2, 0.25) is 0 Å². The molecule has 4 fully saturated rings. The van der Waals surface area contributed by atoms with Gasteiger partial charge in [-0.15, -0.1) is 0 Å². The fourth-order valence-electron chi connectivity index (χ4n) is 8.00. The van der Waals surface area contributed by atoms with Gasteiger partial charge in [-0.1, -0.05) is 0 Å². The van der Waals surface area contributed by atoms with E-state index in [-0.39, 0.29) is 40.3 Å². The van der Waals surface area contributed by atoms with Crippen molar-refractivity contribution in [3.63, 3.8) is 0 Å². The minimum absolute atomic E-state index is 0.165. The normalized spacial score (nSPS) is 22.2. The number of hydrogen-bond acceptors (Lipinski definition) is 8. The molecule has 0 spiro atoms. The number of piperazine rings is 1. The number of fused-ring (bicyclic) bond motifs is 2. The molecule has 0 unspecified atom stereocenters. The van der Waals surface area contributed by atoms with Crippen LogP contribution in [0.1, 0.15) is 56.2 Å². The number of nitrogen functional groups attached to an aromatic ring is 1. The van der Waals surface area contributed by atoms with E-state index in [0.29, 0.717) is 35.7 Å². The van der Waals surface area contributed by atoms with Crippen LogP contribution in [-0.2, 0) is 4.74 Å². The number of carbonyl (C=O) groups excluding carboxylic acids is 2. The van der Waals surface area contributed by atoms with Gasteiger partial charge in [-0.2, -0.15) is 0 Å². The molecule has 254 valence electrons. The molecular weight excluding hydrogens is 625 g/mol. The largest absolute Gasteiger partial charge is 0.444 e. The van der Waals surface area contributed by atoms with E-state index in [1.807, 2.05) is 54.8 Å². The number of imidazole rings is 2. The van der Waals surface area contributed by atoms with Crippen molar-refractivity contribution < 1.29 is 18.7 Å². The fraction of sp³-hybridized carbons (Fsp3) is 0.417. The minimum Gasteiger partial charge on any atom is -0.444 e. The molecule has 4 aromatic heterocycles. The van der Waals surface area contributed by atoms with Crippen LogP contribution >= 0.6 is 0 Å². The SMILES string of the molecule is Cc1cnc2ccc(-c3c(-c4ccc(F)cc4)nc(N)c4nc(C(=O)NC56CC(CN7CCN(C(=O)OC(C)(C)C)CC7)(C5)C6)cn34)cn12. The number of rotatable bonds is 6. The molecule has 0 radical (unpaired) electrons. The summed E-state index contributed by atoms with van der Waals surface area (Å²) in [6.07, 6.45) is 7.98. The second kappa shape index (κ2) is 11.0. The number of carbonyl (C=O) groups is 2. The van der Waals surface area contributed by atoms with Crippen molar-refractivity contribution in [3.05, 3.63) is 72.2 Å². The molecule has 4 aliphatic rings. The van der Waals surface area contributed by atoms with Gasteiger partial charge >= 0.3 is 6.09 Å². The molecule has 5 heterocycles. The zero-order valence-electron chi connectivity index (χ0n) is 28.2. The van der Waals surface area contributed by atoms with E-state index < -0.39 is 5.60 Å². The molecule has 3 N–H and O–H groups in total. The molecule has 1 aliphatic heterocycles. The highest BCUT2D eigenvalue weighted by Gasteiger charge is 2.68. The molecule has 12 nitrogen and oxygen atoms in total. The highest BCUT2D eigenvalue weighted by atomic mass is 19.1. The number of aryl methyl sites for hydroxylation is 1. The molecule has 5 aromatic rings. The first-order valence-corrected chi connectivity index (χ1v) is 16.7. The van der Waals surface area contributed by atoms with Crippen molar-refractivity contribution in [3.8, 4) is 22.5 Å². The maximum Gasteiger partial charge on any atom is 0.410 e. The summed E-state index contributed by atoms with van der Waals surface area (Å²) in [5.74, 6) is -0.441. The standard InChI is InChI=1S/C36H40FN9O3/c1-22-15-39-27-10-7-24(16-45(22)27)29-28(23-5-8-25(37)9-6-23)41-30(38)31-40-26(17-46(29)31)32(47)42-36-18-35(19-36,20-36)21-43-11-13-44(14-12-43)33(48)49-34(2,3)4/h5-10,15-17H,11-14,18-21H2,1-4H3,(H2,38,41)(H,42,47). The lowest BCUT2D eigenvalue weighted by Crippen LogP contribution is -2.77. The van der Waals surface area contributed by atoms with Crippen molar-refractivity contribution in [2.24, 2.45) is 5.41 Å². The molecule has 2 bridgehead atoms. The third-order valence-corrected chi connectivity index (χ3v) is 10.0. The van der Waals surface area contributed by atoms with Gasteiger partial charge in [0.2, 0.25) is 0 Å². The van der Waals surface area contributed by atoms with Crippen molar-refractivity contribution in [2.45, 2.75) is 58.1 Å². The van der Waals surface area contributed by atoms with Crippen LogP contribution in [-0.4, -0.2) is 89.4 Å². The van der Waals surface area contributed by atoms with Gasteiger partial charge in [0, 0.05) is 73.7 Å². The van der Waals surface area contributed by atoms with Crippen molar-refractivity contribution in [2.75, 3.05) is 38.5 Å².